The summed E-state index contributed by atoms with van der Waals surface area (Å²) in [4.78, 5) is 19.5. The van der Waals surface area contributed by atoms with Gasteiger partial charge < -0.3 is 0 Å². The van der Waals surface area contributed by atoms with Gasteiger partial charge in [0.25, 0.3) is 0 Å². The Kier molecular flexibility index (Phi) is 1.31. The van der Waals surface area contributed by atoms with Gasteiger partial charge in [-0.15, -0.1) is 9.81 Å². The predicted molar refractivity (Wildman–Crippen MR) is 29.5 cm³/mol. The third-order valence-corrected chi connectivity index (χ3v) is 0.790. The number of aromatic nitrogens is 2. The van der Waals surface area contributed by atoms with Gasteiger partial charge in [0.1, 0.15) is 0 Å². The molecule has 0 radical (unpaired) electrons. The summed E-state index contributed by atoms with van der Waals surface area (Å²) < 4.78 is 0. The topological polar surface area (TPSA) is 87.5 Å². The second-order valence-corrected chi connectivity index (χ2v) is 1.29. The average Bonchev–Trinajstić information content (AvgIpc) is 2.33. The van der Waals surface area contributed by atoms with Gasteiger partial charge in [-0.05, 0) is 10.4 Å². The second-order valence-electron chi connectivity index (χ2n) is 1.29. The fraction of sp³-hybridized carbons (Fsp3) is 0. The van der Waals surface area contributed by atoms with Crippen LogP contribution in [0.4, 0.5) is 11.5 Å². The Morgan fingerprint density at radius 1 is 1.44 bits per heavy atom. The minimum Gasteiger partial charge on any atom is -0.256 e. The third kappa shape index (κ3) is 0.809. The first kappa shape index (κ1) is 5.54. The van der Waals surface area contributed by atoms with E-state index in [2.05, 4.69) is 20.6 Å². The summed E-state index contributed by atoms with van der Waals surface area (Å²) in [5.41, 5.74) is -0.0648. The van der Waals surface area contributed by atoms with Gasteiger partial charge in [0, 0.05) is 0 Å². The third-order valence-electron chi connectivity index (χ3n) is 0.790. The average molecular weight is 126 g/mol. The number of nitrogens with zero attached hydrogens (tertiary/aromatic N) is 3. The zero-order chi connectivity index (χ0) is 6.69. The Labute approximate surface area is 49.2 Å². The number of H-pyrrole nitrogens is 1. The smallest absolute Gasteiger partial charge is 0.222 e. The van der Waals surface area contributed by atoms with Gasteiger partial charge in [-0.25, -0.2) is 0 Å². The zero-order valence-corrected chi connectivity index (χ0v) is 4.24. The predicted octanol–water partition coefficient (Wildman–Crippen LogP) is 1.21. The van der Waals surface area contributed by atoms with Crippen LogP contribution in [0.5, 0.6) is 0 Å². The maximum absolute atomic E-state index is 9.74. The van der Waals surface area contributed by atoms with Gasteiger partial charge in [-0.2, -0.15) is 5.10 Å². The Balaban J connectivity index is 3.12. The SMILES string of the molecule is O=Nc1cn[nH]c1N=O. The molecule has 46 valence electrons. The fourth-order valence-corrected chi connectivity index (χ4v) is 0.407. The number of nitroso groups, excluding NO2 is 2. The summed E-state index contributed by atoms with van der Waals surface area (Å²) >= 11 is 0. The van der Waals surface area contributed by atoms with Gasteiger partial charge in [-0.1, -0.05) is 0 Å². The van der Waals surface area contributed by atoms with Gasteiger partial charge in [-0.3, -0.25) is 5.10 Å². The van der Waals surface area contributed by atoms with Crippen molar-refractivity contribution in [2.75, 3.05) is 0 Å². The highest BCUT2D eigenvalue weighted by atomic mass is 16.3. The van der Waals surface area contributed by atoms with Crippen molar-refractivity contribution in [2.24, 2.45) is 10.4 Å². The van der Waals surface area contributed by atoms with E-state index in [1.807, 2.05) is 0 Å². The highest BCUT2D eigenvalue weighted by molar-refractivity contribution is 5.53. The van der Waals surface area contributed by atoms with Crippen LogP contribution in [0.1, 0.15) is 0 Å². The molecule has 0 bridgehead atoms. The van der Waals surface area contributed by atoms with Gasteiger partial charge in [0.2, 0.25) is 5.82 Å². The molecule has 0 atom stereocenters. The van der Waals surface area contributed by atoms with E-state index in [4.69, 9.17) is 0 Å². The number of aromatic amines is 1. The van der Waals surface area contributed by atoms with Crippen molar-refractivity contribution in [3.05, 3.63) is 16.0 Å². The van der Waals surface area contributed by atoms with Crippen molar-refractivity contribution >= 4 is 11.5 Å². The first-order valence-corrected chi connectivity index (χ1v) is 2.08. The first-order valence-electron chi connectivity index (χ1n) is 2.08. The molecule has 0 saturated carbocycles. The van der Waals surface area contributed by atoms with Crippen molar-refractivity contribution in [3.63, 3.8) is 0 Å². The minimum atomic E-state index is -0.134. The van der Waals surface area contributed by atoms with Crippen molar-refractivity contribution < 1.29 is 0 Å². The quantitative estimate of drug-likeness (QED) is 0.604. The molecule has 0 aromatic carbocycles. The van der Waals surface area contributed by atoms with E-state index in [-0.39, 0.29) is 11.5 Å². The molecule has 6 nitrogen and oxygen atoms in total. The number of nitrogens with one attached hydrogen (secondary N) is 1. The molecule has 1 aromatic rings. The van der Waals surface area contributed by atoms with Crippen LogP contribution in [-0.2, 0) is 0 Å². The molecule has 0 fully saturated rings. The van der Waals surface area contributed by atoms with E-state index in [1.165, 1.54) is 0 Å². The van der Waals surface area contributed by atoms with Crippen LogP contribution in [0, 0.1) is 9.81 Å². The van der Waals surface area contributed by atoms with Gasteiger partial charge >= 0.3 is 0 Å². The molecular weight excluding hydrogens is 124 g/mol. The van der Waals surface area contributed by atoms with Crippen LogP contribution in [0.15, 0.2) is 16.6 Å². The second kappa shape index (κ2) is 2.12. The lowest BCUT2D eigenvalue weighted by Crippen LogP contribution is -1.60. The normalized spacial score (nSPS) is 8.89. The maximum atomic E-state index is 9.74. The van der Waals surface area contributed by atoms with Crippen LogP contribution >= 0.6 is 0 Å². The lowest BCUT2D eigenvalue weighted by molar-refractivity contribution is 1.08. The van der Waals surface area contributed by atoms with E-state index in [9.17, 15) is 9.81 Å². The monoisotopic (exact) mass is 126 g/mol. The van der Waals surface area contributed by atoms with E-state index in [0.29, 0.717) is 0 Å². The van der Waals surface area contributed by atoms with E-state index >= 15 is 0 Å². The lowest BCUT2D eigenvalue weighted by Gasteiger charge is -1.74. The van der Waals surface area contributed by atoms with E-state index < -0.39 is 0 Å². The fourth-order valence-electron chi connectivity index (χ4n) is 0.407. The van der Waals surface area contributed by atoms with Crippen LogP contribution < -0.4 is 0 Å². The molecule has 0 aliphatic carbocycles. The summed E-state index contributed by atoms with van der Waals surface area (Å²) in [6.07, 6.45) is 1.13. The number of hydrogen-bond acceptors (Lipinski definition) is 5. The zero-order valence-electron chi connectivity index (χ0n) is 4.24. The Bertz CT molecular complexity index is 207. The molecule has 1 rings (SSSR count). The Morgan fingerprint density at radius 3 is 2.67 bits per heavy atom. The summed E-state index contributed by atoms with van der Waals surface area (Å²) in [6, 6.07) is 0. The summed E-state index contributed by atoms with van der Waals surface area (Å²) in [7, 11) is 0. The van der Waals surface area contributed by atoms with E-state index in [1.54, 1.807) is 0 Å². The van der Waals surface area contributed by atoms with Crippen molar-refractivity contribution in [3.8, 4) is 0 Å². The molecule has 1 aromatic heterocycles. The van der Waals surface area contributed by atoms with Crippen LogP contribution in [0.3, 0.4) is 0 Å². The molecule has 0 unspecified atom stereocenters. The number of hydrogen-bond donors (Lipinski definition) is 1. The highest BCUT2D eigenvalue weighted by Crippen LogP contribution is 2.22. The van der Waals surface area contributed by atoms with E-state index in [0.717, 1.165) is 6.20 Å². The minimum absolute atomic E-state index is 0.0648. The molecule has 0 spiro atoms. The first-order chi connectivity index (χ1) is 4.38. The Morgan fingerprint density at radius 2 is 2.22 bits per heavy atom. The van der Waals surface area contributed by atoms with Crippen molar-refractivity contribution in [1.29, 1.82) is 0 Å². The molecule has 0 aliphatic rings. The summed E-state index contributed by atoms with van der Waals surface area (Å²) in [5.74, 6) is -0.134. The molecule has 6 heteroatoms. The molecular formula is C3H2N4O2. The summed E-state index contributed by atoms with van der Waals surface area (Å²) in [6.45, 7) is 0. The largest absolute Gasteiger partial charge is 0.256 e. The van der Waals surface area contributed by atoms with Crippen molar-refractivity contribution in [2.45, 2.75) is 0 Å². The van der Waals surface area contributed by atoms with Gasteiger partial charge in [0.15, 0.2) is 5.69 Å². The number of rotatable bonds is 2. The molecule has 9 heavy (non-hydrogen) atoms. The molecule has 0 aliphatic heterocycles. The molecule has 1 N–H and O–H groups in total. The van der Waals surface area contributed by atoms with Crippen LogP contribution in [0.25, 0.3) is 0 Å². The molecule has 0 saturated heterocycles. The van der Waals surface area contributed by atoms with Gasteiger partial charge in [0.05, 0.1) is 6.20 Å². The maximum Gasteiger partial charge on any atom is 0.222 e. The molecule has 1 heterocycles. The van der Waals surface area contributed by atoms with Crippen LogP contribution in [0.2, 0.25) is 0 Å². The Hall–Kier alpha value is -1.59. The lowest BCUT2D eigenvalue weighted by atomic mass is 10.5. The van der Waals surface area contributed by atoms with Crippen LogP contribution in [-0.4, -0.2) is 10.2 Å². The highest BCUT2D eigenvalue weighted by Gasteiger charge is 2.02. The summed E-state index contributed by atoms with van der Waals surface area (Å²) in [5, 5.41) is 10.4. The van der Waals surface area contributed by atoms with Crippen molar-refractivity contribution in [1.82, 2.24) is 10.2 Å². The standard InChI is InChI=1S/C3H2N4O2/c8-6-2-1-4-5-3(2)7-9/h1H,(H,4,5). The molecule has 0 amide bonds.